The normalized spacial score (nSPS) is 14.4. The molecule has 1 fully saturated rings. The number of carbonyl (C=O) groups is 1. The van der Waals surface area contributed by atoms with Crippen molar-refractivity contribution in [3.63, 3.8) is 0 Å². The number of anilines is 2. The van der Waals surface area contributed by atoms with E-state index in [0.717, 1.165) is 43.2 Å². The van der Waals surface area contributed by atoms with Crippen molar-refractivity contribution in [2.75, 3.05) is 23.3 Å². The number of carbonyl (C=O) groups excluding carboxylic acids is 1. The molecule has 0 saturated carbocycles. The Kier molecular flexibility index (Phi) is 6.20. The van der Waals surface area contributed by atoms with E-state index < -0.39 is 10.8 Å². The number of para-hydroxylation sites is 3. The van der Waals surface area contributed by atoms with E-state index in [2.05, 4.69) is 22.5 Å². The SMILES string of the molecule is CC1CCN(c2ccccc2NC(=S)NC(=O)c2ccccc2[N+](=O)[O-])CC1. The van der Waals surface area contributed by atoms with Crippen molar-refractivity contribution >= 4 is 40.3 Å². The van der Waals surface area contributed by atoms with Gasteiger partial charge >= 0.3 is 0 Å². The second-order valence-electron chi connectivity index (χ2n) is 6.87. The summed E-state index contributed by atoms with van der Waals surface area (Å²) in [5, 5.41) is 16.8. The van der Waals surface area contributed by atoms with Crippen molar-refractivity contribution in [2.24, 2.45) is 5.92 Å². The highest BCUT2D eigenvalue weighted by molar-refractivity contribution is 7.80. The lowest BCUT2D eigenvalue weighted by atomic mass is 9.98. The third kappa shape index (κ3) is 4.64. The summed E-state index contributed by atoms with van der Waals surface area (Å²) in [6.45, 7) is 4.19. The lowest BCUT2D eigenvalue weighted by Gasteiger charge is -2.33. The van der Waals surface area contributed by atoms with Crippen LogP contribution in [-0.4, -0.2) is 29.0 Å². The molecule has 7 nitrogen and oxygen atoms in total. The summed E-state index contributed by atoms with van der Waals surface area (Å²) in [5.74, 6) is 0.104. The Morgan fingerprint density at radius 2 is 1.79 bits per heavy atom. The Morgan fingerprint density at radius 1 is 1.14 bits per heavy atom. The fraction of sp³-hybridized carbons (Fsp3) is 0.300. The first-order valence-corrected chi connectivity index (χ1v) is 9.56. The van der Waals surface area contributed by atoms with Crippen LogP contribution in [0.25, 0.3) is 0 Å². The third-order valence-electron chi connectivity index (χ3n) is 4.85. The summed E-state index contributed by atoms with van der Waals surface area (Å²) < 4.78 is 0. The maximum absolute atomic E-state index is 12.4. The smallest absolute Gasteiger partial charge is 0.282 e. The van der Waals surface area contributed by atoms with Crippen molar-refractivity contribution in [3.8, 4) is 0 Å². The number of thiocarbonyl (C=S) groups is 1. The molecule has 0 radical (unpaired) electrons. The van der Waals surface area contributed by atoms with E-state index in [1.54, 1.807) is 6.07 Å². The van der Waals surface area contributed by atoms with Gasteiger partial charge in [-0.1, -0.05) is 31.2 Å². The van der Waals surface area contributed by atoms with Gasteiger partial charge in [0.05, 0.1) is 16.3 Å². The minimum atomic E-state index is -0.617. The van der Waals surface area contributed by atoms with E-state index in [0.29, 0.717) is 0 Å². The van der Waals surface area contributed by atoms with E-state index in [9.17, 15) is 14.9 Å². The maximum Gasteiger partial charge on any atom is 0.282 e. The van der Waals surface area contributed by atoms with Gasteiger partial charge in [0, 0.05) is 19.2 Å². The molecule has 0 bridgehead atoms. The minimum Gasteiger partial charge on any atom is -0.370 e. The largest absolute Gasteiger partial charge is 0.370 e. The summed E-state index contributed by atoms with van der Waals surface area (Å²) in [6, 6.07) is 13.6. The van der Waals surface area contributed by atoms with E-state index in [1.807, 2.05) is 24.3 Å². The molecule has 1 aliphatic rings. The molecule has 2 aromatic rings. The van der Waals surface area contributed by atoms with Gasteiger partial charge in [-0.05, 0) is 49.2 Å². The molecule has 8 heteroatoms. The first-order chi connectivity index (χ1) is 13.5. The molecule has 1 heterocycles. The number of benzene rings is 2. The first kappa shape index (κ1) is 19.8. The summed E-state index contributed by atoms with van der Waals surface area (Å²) in [4.78, 5) is 25.3. The Morgan fingerprint density at radius 3 is 2.50 bits per heavy atom. The average molecular weight is 398 g/mol. The van der Waals surface area contributed by atoms with Crippen molar-refractivity contribution < 1.29 is 9.72 Å². The Labute approximate surface area is 168 Å². The molecule has 0 aromatic heterocycles. The van der Waals surface area contributed by atoms with Crippen LogP contribution in [0.4, 0.5) is 17.1 Å². The van der Waals surface area contributed by atoms with Gasteiger partial charge in [-0.25, -0.2) is 0 Å². The van der Waals surface area contributed by atoms with Crippen molar-refractivity contribution in [3.05, 3.63) is 64.2 Å². The molecule has 0 atom stereocenters. The van der Waals surface area contributed by atoms with Gasteiger partial charge in [-0.15, -0.1) is 0 Å². The molecule has 2 N–H and O–H groups in total. The van der Waals surface area contributed by atoms with Crippen LogP contribution >= 0.6 is 12.2 Å². The second kappa shape index (κ2) is 8.79. The van der Waals surface area contributed by atoms with Crippen LogP contribution in [0.2, 0.25) is 0 Å². The topological polar surface area (TPSA) is 87.5 Å². The molecule has 0 aliphatic carbocycles. The highest BCUT2D eigenvalue weighted by Crippen LogP contribution is 2.29. The number of hydrogen-bond donors (Lipinski definition) is 2. The molecule has 0 unspecified atom stereocenters. The van der Waals surface area contributed by atoms with Crippen LogP contribution in [0.3, 0.4) is 0 Å². The molecule has 3 rings (SSSR count). The molecule has 1 amide bonds. The predicted octanol–water partition coefficient (Wildman–Crippen LogP) is 3.96. The zero-order valence-electron chi connectivity index (χ0n) is 15.6. The predicted molar refractivity (Wildman–Crippen MR) is 114 cm³/mol. The summed E-state index contributed by atoms with van der Waals surface area (Å²) >= 11 is 5.27. The number of piperidine rings is 1. The number of amides is 1. The average Bonchev–Trinajstić information content (AvgIpc) is 2.69. The minimum absolute atomic E-state index is 0.0325. The van der Waals surface area contributed by atoms with Gasteiger partial charge < -0.3 is 10.2 Å². The lowest BCUT2D eigenvalue weighted by molar-refractivity contribution is -0.385. The summed E-state index contributed by atoms with van der Waals surface area (Å²) in [6.07, 6.45) is 2.26. The van der Waals surface area contributed by atoms with Gasteiger partial charge in [-0.2, -0.15) is 0 Å². The lowest BCUT2D eigenvalue weighted by Crippen LogP contribution is -2.36. The number of rotatable bonds is 4. The van der Waals surface area contributed by atoms with Crippen molar-refractivity contribution in [1.29, 1.82) is 0 Å². The highest BCUT2D eigenvalue weighted by Gasteiger charge is 2.21. The highest BCUT2D eigenvalue weighted by atomic mass is 32.1. The zero-order chi connectivity index (χ0) is 20.1. The third-order valence-corrected chi connectivity index (χ3v) is 5.05. The summed E-state index contributed by atoms with van der Waals surface area (Å²) in [7, 11) is 0. The Balaban J connectivity index is 1.71. The number of nitrogens with one attached hydrogen (secondary N) is 2. The van der Waals surface area contributed by atoms with Gasteiger partial charge in [0.15, 0.2) is 5.11 Å². The monoisotopic (exact) mass is 398 g/mol. The first-order valence-electron chi connectivity index (χ1n) is 9.15. The standard InChI is InChI=1S/C20H22N4O3S/c1-14-10-12-23(13-11-14)18-9-5-3-7-16(18)21-20(28)22-19(25)15-6-2-4-8-17(15)24(26)27/h2-9,14H,10-13H2,1H3,(H2,21,22,25,28). The molecule has 1 saturated heterocycles. The number of nitro benzene ring substituents is 1. The fourth-order valence-corrected chi connectivity index (χ4v) is 3.46. The van der Waals surface area contributed by atoms with Crippen LogP contribution in [0.5, 0.6) is 0 Å². The summed E-state index contributed by atoms with van der Waals surface area (Å²) in [5.41, 5.74) is 1.53. The van der Waals surface area contributed by atoms with E-state index in [1.165, 1.54) is 18.2 Å². The van der Waals surface area contributed by atoms with Gasteiger partial charge in [0.1, 0.15) is 5.56 Å². The van der Waals surface area contributed by atoms with Crippen molar-refractivity contribution in [1.82, 2.24) is 5.32 Å². The molecule has 2 aromatic carbocycles. The molecule has 146 valence electrons. The van der Waals surface area contributed by atoms with Crippen LogP contribution in [-0.2, 0) is 0 Å². The number of nitrogens with zero attached hydrogens (tertiary/aromatic N) is 2. The van der Waals surface area contributed by atoms with Crippen molar-refractivity contribution in [2.45, 2.75) is 19.8 Å². The molecule has 0 spiro atoms. The quantitative estimate of drug-likeness (QED) is 0.461. The van der Waals surface area contributed by atoms with Crippen LogP contribution in [0.1, 0.15) is 30.1 Å². The van der Waals surface area contributed by atoms with Gasteiger partial charge in [0.2, 0.25) is 0 Å². The van der Waals surface area contributed by atoms with Gasteiger partial charge in [0.25, 0.3) is 11.6 Å². The van der Waals surface area contributed by atoms with Crippen LogP contribution < -0.4 is 15.5 Å². The Bertz CT molecular complexity index is 895. The molecule has 1 aliphatic heterocycles. The van der Waals surface area contributed by atoms with E-state index in [4.69, 9.17) is 12.2 Å². The van der Waals surface area contributed by atoms with E-state index in [-0.39, 0.29) is 16.4 Å². The Hall–Kier alpha value is -3.00. The molecular weight excluding hydrogens is 376 g/mol. The van der Waals surface area contributed by atoms with Gasteiger partial charge in [-0.3, -0.25) is 20.2 Å². The maximum atomic E-state index is 12.4. The van der Waals surface area contributed by atoms with E-state index >= 15 is 0 Å². The zero-order valence-corrected chi connectivity index (χ0v) is 16.4. The molecular formula is C20H22N4O3S. The number of hydrogen-bond acceptors (Lipinski definition) is 5. The second-order valence-corrected chi connectivity index (χ2v) is 7.28. The molecule has 28 heavy (non-hydrogen) atoms. The fourth-order valence-electron chi connectivity index (χ4n) is 3.25. The van der Waals surface area contributed by atoms with Crippen LogP contribution in [0.15, 0.2) is 48.5 Å². The number of nitro groups is 1. The van der Waals surface area contributed by atoms with Crippen LogP contribution in [0, 0.1) is 16.0 Å².